The van der Waals surface area contributed by atoms with E-state index in [9.17, 15) is 20.0 Å². The van der Waals surface area contributed by atoms with Crippen LogP contribution in [-0.4, -0.2) is 21.7 Å². The van der Waals surface area contributed by atoms with Gasteiger partial charge in [0.1, 0.15) is 11.7 Å². The first kappa shape index (κ1) is 16.6. The van der Waals surface area contributed by atoms with E-state index >= 15 is 0 Å². The van der Waals surface area contributed by atoms with E-state index in [1.165, 1.54) is 18.4 Å². The Balaban J connectivity index is 2.24. The van der Waals surface area contributed by atoms with Gasteiger partial charge in [-0.2, -0.15) is 0 Å². The first-order valence-corrected chi connectivity index (χ1v) is 7.67. The van der Waals surface area contributed by atoms with E-state index in [4.69, 9.17) is 4.42 Å². The number of hydrogen-bond acceptors (Lipinski definition) is 5. The number of carboxylic acids is 1. The van der Waals surface area contributed by atoms with Gasteiger partial charge in [0.25, 0.3) is 5.69 Å². The molecule has 128 valence electrons. The van der Waals surface area contributed by atoms with Crippen molar-refractivity contribution in [3.63, 3.8) is 0 Å². The van der Waals surface area contributed by atoms with Crippen LogP contribution in [0.4, 0.5) is 5.69 Å². The quantitative estimate of drug-likeness (QED) is 0.671. The van der Waals surface area contributed by atoms with Crippen molar-refractivity contribution in [1.82, 2.24) is 0 Å². The number of rotatable bonds is 4. The van der Waals surface area contributed by atoms with E-state index in [2.05, 4.69) is 4.99 Å². The fraction of sp³-hybridized carbons (Fsp3) is 0.222. The van der Waals surface area contributed by atoms with Crippen molar-refractivity contribution >= 4 is 22.9 Å². The molecule has 1 N–H and O–H groups in total. The lowest BCUT2D eigenvalue weighted by Gasteiger charge is -2.30. The number of aliphatic imine (C=N–C) groups is 1. The molecule has 0 fully saturated rings. The molecule has 0 saturated carbocycles. The molecule has 0 bridgehead atoms. The Morgan fingerprint density at radius 2 is 2.04 bits per heavy atom. The monoisotopic (exact) mass is 340 g/mol. The number of benzene rings is 1. The summed E-state index contributed by atoms with van der Waals surface area (Å²) in [5.41, 5.74) is 2.18. The van der Waals surface area contributed by atoms with Crippen LogP contribution in [0.2, 0.25) is 0 Å². The third-order valence-electron chi connectivity index (χ3n) is 4.32. The van der Waals surface area contributed by atoms with E-state index in [1.807, 2.05) is 0 Å². The summed E-state index contributed by atoms with van der Waals surface area (Å²) in [6.45, 7) is 3.44. The molecule has 0 amide bonds. The predicted molar refractivity (Wildman–Crippen MR) is 91.4 cm³/mol. The molecule has 0 saturated heterocycles. The second kappa shape index (κ2) is 6.35. The summed E-state index contributed by atoms with van der Waals surface area (Å²) in [5.74, 6) is -2.07. The Bertz CT molecular complexity index is 896. The number of allylic oxidation sites excluding steroid dienone is 2. The first-order valence-electron chi connectivity index (χ1n) is 7.67. The van der Waals surface area contributed by atoms with Crippen molar-refractivity contribution in [2.45, 2.75) is 19.8 Å². The maximum absolute atomic E-state index is 11.9. The van der Waals surface area contributed by atoms with Crippen LogP contribution in [0.5, 0.6) is 0 Å². The second-order valence-corrected chi connectivity index (χ2v) is 5.88. The molecule has 2 aromatic rings. The smallest absolute Gasteiger partial charge is 0.313 e. The van der Waals surface area contributed by atoms with Gasteiger partial charge in [-0.3, -0.25) is 19.9 Å². The number of nitrogens with zero attached hydrogens (tertiary/aromatic N) is 2. The number of nitro groups is 1. The number of carboxylic acid groups (broad SMARTS) is 1. The highest BCUT2D eigenvalue weighted by molar-refractivity contribution is 6.05. The minimum atomic E-state index is -1.03. The largest absolute Gasteiger partial charge is 0.481 e. The Hall–Kier alpha value is -3.22. The number of hydrogen-bond donors (Lipinski definition) is 1. The summed E-state index contributed by atoms with van der Waals surface area (Å²) in [7, 11) is 0. The molecule has 2 heterocycles. The number of furan rings is 1. The van der Waals surface area contributed by atoms with Crippen molar-refractivity contribution in [1.29, 1.82) is 0 Å². The molecule has 2 atom stereocenters. The fourth-order valence-electron chi connectivity index (χ4n) is 3.30. The van der Waals surface area contributed by atoms with Gasteiger partial charge in [0.15, 0.2) is 0 Å². The number of aliphatic carboxylic acids is 1. The lowest BCUT2D eigenvalue weighted by Crippen LogP contribution is -2.32. The molecule has 1 aromatic heterocycles. The average Bonchev–Trinajstić information content (AvgIpc) is 3.07. The van der Waals surface area contributed by atoms with Gasteiger partial charge in [0, 0.05) is 35.0 Å². The Labute approximate surface area is 143 Å². The summed E-state index contributed by atoms with van der Waals surface area (Å²) in [6, 6.07) is 9.49. The zero-order valence-electron chi connectivity index (χ0n) is 13.7. The molecule has 7 heteroatoms. The Kier molecular flexibility index (Phi) is 4.22. The van der Waals surface area contributed by atoms with E-state index in [0.717, 1.165) is 0 Å². The highest BCUT2D eigenvalue weighted by Crippen LogP contribution is 2.44. The average molecular weight is 340 g/mol. The maximum atomic E-state index is 11.9. The first-order chi connectivity index (χ1) is 11.9. The highest BCUT2D eigenvalue weighted by Gasteiger charge is 2.40. The topological polar surface area (TPSA) is 106 Å². The third kappa shape index (κ3) is 2.96. The summed E-state index contributed by atoms with van der Waals surface area (Å²) < 4.78 is 5.48. The van der Waals surface area contributed by atoms with Crippen LogP contribution < -0.4 is 0 Å². The van der Waals surface area contributed by atoms with Gasteiger partial charge in [0.05, 0.1) is 11.2 Å². The van der Waals surface area contributed by atoms with E-state index in [0.29, 0.717) is 28.3 Å². The van der Waals surface area contributed by atoms with E-state index < -0.39 is 22.7 Å². The minimum absolute atomic E-state index is 0.0850. The van der Waals surface area contributed by atoms with Crippen LogP contribution >= 0.6 is 0 Å². The highest BCUT2D eigenvalue weighted by atomic mass is 16.6. The Morgan fingerprint density at radius 1 is 1.28 bits per heavy atom. The Morgan fingerprint density at radius 3 is 2.64 bits per heavy atom. The third-order valence-corrected chi connectivity index (χ3v) is 4.32. The fourth-order valence-corrected chi connectivity index (χ4v) is 3.30. The van der Waals surface area contributed by atoms with E-state index in [-0.39, 0.29) is 5.69 Å². The number of carbonyl (C=O) groups is 1. The van der Waals surface area contributed by atoms with Crippen LogP contribution in [0.3, 0.4) is 0 Å². The second-order valence-electron chi connectivity index (χ2n) is 5.88. The van der Waals surface area contributed by atoms with Crippen LogP contribution in [0.15, 0.2) is 57.8 Å². The number of non-ortho nitro benzene ring substituents is 1. The van der Waals surface area contributed by atoms with Crippen molar-refractivity contribution in [2.75, 3.05) is 0 Å². The number of nitro benzene ring substituents is 1. The molecule has 0 radical (unpaired) electrons. The van der Waals surface area contributed by atoms with Gasteiger partial charge in [-0.15, -0.1) is 0 Å². The molecule has 2 unspecified atom stereocenters. The van der Waals surface area contributed by atoms with Gasteiger partial charge in [-0.05, 0) is 31.5 Å². The molecular formula is C18H16N2O5. The zero-order chi connectivity index (χ0) is 18.1. The molecule has 3 rings (SSSR count). The molecule has 1 aromatic carbocycles. The van der Waals surface area contributed by atoms with Gasteiger partial charge in [-0.1, -0.05) is 12.1 Å². The summed E-state index contributed by atoms with van der Waals surface area (Å²) in [5, 5.41) is 20.9. The van der Waals surface area contributed by atoms with Crippen LogP contribution in [-0.2, 0) is 4.79 Å². The predicted octanol–water partition coefficient (Wildman–Crippen LogP) is 3.88. The molecule has 0 spiro atoms. The van der Waals surface area contributed by atoms with Gasteiger partial charge in [-0.25, -0.2) is 0 Å². The van der Waals surface area contributed by atoms with Crippen molar-refractivity contribution < 1.29 is 19.2 Å². The van der Waals surface area contributed by atoms with Gasteiger partial charge < -0.3 is 9.52 Å². The summed E-state index contributed by atoms with van der Waals surface area (Å²) >= 11 is 0. The molecule has 0 aliphatic carbocycles. The maximum Gasteiger partial charge on any atom is 0.313 e. The lowest BCUT2D eigenvalue weighted by molar-refractivity contribution is -0.384. The van der Waals surface area contributed by atoms with Crippen molar-refractivity contribution in [2.24, 2.45) is 10.9 Å². The van der Waals surface area contributed by atoms with Crippen LogP contribution in [0.1, 0.15) is 31.1 Å². The minimum Gasteiger partial charge on any atom is -0.481 e. The van der Waals surface area contributed by atoms with Crippen LogP contribution in [0.25, 0.3) is 5.57 Å². The molecule has 1 aliphatic rings. The van der Waals surface area contributed by atoms with E-state index in [1.54, 1.807) is 38.1 Å². The lowest BCUT2D eigenvalue weighted by atomic mass is 9.75. The molecule has 25 heavy (non-hydrogen) atoms. The molecular weight excluding hydrogens is 324 g/mol. The standard InChI is InChI=1S/C18H16N2O5/c1-10-15(14-7-4-8-25-14)17(16(18(21)22)11(2)19-10)12-5-3-6-13(9-12)20(23)24/h3-9,16-17H,1-2H3,(H,21,22). The SMILES string of the molecule is CC1=NC(C)=C(c2ccco2)C(c2cccc([N+](=O)[O-])c2)C1C(=O)O. The normalized spacial score (nSPS) is 20.3. The summed E-state index contributed by atoms with van der Waals surface area (Å²) in [4.78, 5) is 26.9. The van der Waals surface area contributed by atoms with Crippen LogP contribution in [0, 0.1) is 16.0 Å². The van der Waals surface area contributed by atoms with Gasteiger partial charge in [0.2, 0.25) is 0 Å². The molecule has 7 nitrogen and oxygen atoms in total. The van der Waals surface area contributed by atoms with Crippen molar-refractivity contribution in [3.8, 4) is 0 Å². The molecule has 1 aliphatic heterocycles. The summed E-state index contributed by atoms with van der Waals surface area (Å²) in [6.07, 6.45) is 1.50. The van der Waals surface area contributed by atoms with Gasteiger partial charge >= 0.3 is 5.97 Å². The zero-order valence-corrected chi connectivity index (χ0v) is 13.7. The van der Waals surface area contributed by atoms with Crippen molar-refractivity contribution in [3.05, 3.63) is 69.8 Å².